The third kappa shape index (κ3) is 3.67. The Labute approximate surface area is 161 Å². The van der Waals surface area contributed by atoms with E-state index in [9.17, 15) is 0 Å². The lowest BCUT2D eigenvalue weighted by molar-refractivity contribution is -0.0375. The van der Waals surface area contributed by atoms with E-state index in [1.54, 1.807) is 0 Å². The minimum absolute atomic E-state index is 0.269. The predicted molar refractivity (Wildman–Crippen MR) is 105 cm³/mol. The van der Waals surface area contributed by atoms with Crippen molar-refractivity contribution in [3.05, 3.63) is 36.0 Å². The Kier molecular flexibility index (Phi) is 4.52. The van der Waals surface area contributed by atoms with Gasteiger partial charge in [-0.15, -0.1) is 5.10 Å². The van der Waals surface area contributed by atoms with Crippen molar-refractivity contribution < 1.29 is 4.74 Å². The van der Waals surface area contributed by atoms with Gasteiger partial charge in [-0.25, -0.2) is 4.68 Å². The molecule has 144 valence electrons. The van der Waals surface area contributed by atoms with Crippen LogP contribution in [-0.2, 0) is 4.74 Å². The zero-order chi connectivity index (χ0) is 18.4. The number of likely N-dealkylation sites (tertiary alicyclic amines) is 1. The van der Waals surface area contributed by atoms with Crippen LogP contribution in [0.5, 0.6) is 0 Å². The number of aromatic nitrogens is 3. The largest absolute Gasteiger partial charge is 0.376 e. The van der Waals surface area contributed by atoms with Crippen LogP contribution in [0.15, 0.2) is 30.5 Å². The molecule has 5 nitrogen and oxygen atoms in total. The van der Waals surface area contributed by atoms with Crippen LogP contribution in [0, 0.1) is 24.7 Å². The van der Waals surface area contributed by atoms with Crippen molar-refractivity contribution in [2.75, 3.05) is 26.7 Å². The first-order valence-corrected chi connectivity index (χ1v) is 10.4. The fourth-order valence-corrected chi connectivity index (χ4v) is 4.92. The first-order chi connectivity index (χ1) is 13.2. The Hall–Kier alpha value is -1.72. The number of ether oxygens (including phenoxy) is 1. The van der Waals surface area contributed by atoms with Crippen molar-refractivity contribution in [3.63, 3.8) is 0 Å². The molecule has 5 rings (SSSR count). The van der Waals surface area contributed by atoms with Gasteiger partial charge in [-0.3, -0.25) is 0 Å². The Morgan fingerprint density at radius 2 is 1.81 bits per heavy atom. The van der Waals surface area contributed by atoms with E-state index in [1.807, 2.05) is 0 Å². The van der Waals surface area contributed by atoms with Gasteiger partial charge in [0.25, 0.3) is 0 Å². The zero-order valence-electron chi connectivity index (χ0n) is 16.4. The molecule has 5 heteroatoms. The predicted octanol–water partition coefficient (Wildman–Crippen LogP) is 3.56. The fourth-order valence-electron chi connectivity index (χ4n) is 4.92. The molecular weight excluding hydrogens is 336 g/mol. The van der Waals surface area contributed by atoms with Crippen LogP contribution in [0.1, 0.15) is 37.3 Å². The average Bonchev–Trinajstić information content (AvgIpc) is 3.23. The molecule has 2 aliphatic carbocycles. The molecule has 1 aromatic heterocycles. The van der Waals surface area contributed by atoms with E-state index in [2.05, 4.69) is 64.3 Å². The number of aryl methyl sites for hydroxylation is 1. The van der Waals surface area contributed by atoms with Crippen LogP contribution in [0.2, 0.25) is 0 Å². The van der Waals surface area contributed by atoms with Crippen LogP contribution in [-0.4, -0.2) is 52.7 Å². The number of rotatable bonds is 5. The highest BCUT2D eigenvalue weighted by Crippen LogP contribution is 2.43. The number of hydrogen-bond acceptors (Lipinski definition) is 4. The van der Waals surface area contributed by atoms with E-state index in [4.69, 9.17) is 4.74 Å². The van der Waals surface area contributed by atoms with Gasteiger partial charge in [0, 0.05) is 25.3 Å². The summed E-state index contributed by atoms with van der Waals surface area (Å²) in [7, 11) is 2.25. The van der Waals surface area contributed by atoms with Crippen molar-refractivity contribution in [3.8, 4) is 11.3 Å². The summed E-state index contributed by atoms with van der Waals surface area (Å²) in [6, 6.07) is 8.84. The lowest BCUT2D eigenvalue weighted by atomic mass is 9.77. The molecule has 1 aromatic carbocycles. The fraction of sp³-hybridized carbons (Fsp3) is 0.636. The number of fused-ring (bicyclic) bond motifs is 1. The summed E-state index contributed by atoms with van der Waals surface area (Å²) >= 11 is 0. The second-order valence-corrected chi connectivity index (χ2v) is 9.05. The number of hydrogen-bond donors (Lipinski definition) is 0. The summed E-state index contributed by atoms with van der Waals surface area (Å²) in [5, 5.41) is 9.02. The van der Waals surface area contributed by atoms with E-state index >= 15 is 0 Å². The van der Waals surface area contributed by atoms with Crippen LogP contribution < -0.4 is 0 Å². The second kappa shape index (κ2) is 7.02. The van der Waals surface area contributed by atoms with Crippen molar-refractivity contribution in [2.45, 2.75) is 44.8 Å². The molecule has 27 heavy (non-hydrogen) atoms. The van der Waals surface area contributed by atoms with Crippen molar-refractivity contribution in [1.82, 2.24) is 19.9 Å². The van der Waals surface area contributed by atoms with Gasteiger partial charge in [0.2, 0.25) is 0 Å². The smallest absolute Gasteiger partial charge is 0.113 e. The normalized spacial score (nSPS) is 31.2. The third-order valence-corrected chi connectivity index (χ3v) is 6.71. The summed E-state index contributed by atoms with van der Waals surface area (Å²) in [6.07, 6.45) is 7.39. The van der Waals surface area contributed by atoms with Crippen LogP contribution in [0.4, 0.5) is 0 Å². The molecule has 2 saturated carbocycles. The average molecular weight is 367 g/mol. The first kappa shape index (κ1) is 17.4. The molecule has 3 aliphatic rings. The van der Waals surface area contributed by atoms with E-state index in [-0.39, 0.29) is 6.10 Å². The molecule has 2 heterocycles. The highest BCUT2D eigenvalue weighted by molar-refractivity contribution is 5.57. The van der Waals surface area contributed by atoms with Gasteiger partial charge in [0.1, 0.15) is 5.69 Å². The van der Waals surface area contributed by atoms with Gasteiger partial charge < -0.3 is 9.64 Å². The van der Waals surface area contributed by atoms with E-state index in [0.717, 1.165) is 48.5 Å². The Balaban J connectivity index is 1.37. The second-order valence-electron chi connectivity index (χ2n) is 9.05. The highest BCUT2D eigenvalue weighted by atomic mass is 16.5. The molecule has 0 spiro atoms. The van der Waals surface area contributed by atoms with Crippen LogP contribution in [0.25, 0.3) is 11.3 Å². The van der Waals surface area contributed by atoms with Crippen molar-refractivity contribution >= 4 is 0 Å². The molecule has 1 aliphatic heterocycles. The lowest BCUT2D eigenvalue weighted by Gasteiger charge is -2.37. The van der Waals surface area contributed by atoms with E-state index in [1.165, 1.54) is 31.5 Å². The highest BCUT2D eigenvalue weighted by Gasteiger charge is 2.43. The van der Waals surface area contributed by atoms with Crippen LogP contribution >= 0.6 is 0 Å². The Morgan fingerprint density at radius 1 is 1.07 bits per heavy atom. The SMILES string of the molecule is Cc1ccc(-c2cn([C@@H]3C[C@@H]4CN(C)C[C@@H]4C[C@H]3OCC3CC3)nn2)cc1. The topological polar surface area (TPSA) is 43.2 Å². The minimum atomic E-state index is 0.269. The summed E-state index contributed by atoms with van der Waals surface area (Å²) in [4.78, 5) is 2.48. The maximum Gasteiger partial charge on any atom is 0.113 e. The van der Waals surface area contributed by atoms with Crippen molar-refractivity contribution in [2.24, 2.45) is 17.8 Å². The summed E-state index contributed by atoms with van der Waals surface area (Å²) in [5.74, 6) is 2.33. The summed E-state index contributed by atoms with van der Waals surface area (Å²) in [6.45, 7) is 5.45. The summed E-state index contributed by atoms with van der Waals surface area (Å²) in [5.41, 5.74) is 3.36. The van der Waals surface area contributed by atoms with E-state index < -0.39 is 0 Å². The lowest BCUT2D eigenvalue weighted by Crippen LogP contribution is -2.38. The zero-order valence-corrected chi connectivity index (χ0v) is 16.4. The molecule has 0 amide bonds. The quantitative estimate of drug-likeness (QED) is 0.811. The molecule has 0 radical (unpaired) electrons. The Bertz CT molecular complexity index is 782. The molecule has 3 fully saturated rings. The minimum Gasteiger partial charge on any atom is -0.376 e. The maximum absolute atomic E-state index is 6.44. The van der Waals surface area contributed by atoms with Gasteiger partial charge in [0.15, 0.2) is 0 Å². The number of benzene rings is 1. The van der Waals surface area contributed by atoms with Gasteiger partial charge in [-0.2, -0.15) is 0 Å². The Morgan fingerprint density at radius 3 is 2.56 bits per heavy atom. The third-order valence-electron chi connectivity index (χ3n) is 6.71. The molecular formula is C22H30N4O. The van der Waals surface area contributed by atoms with Gasteiger partial charge in [-0.1, -0.05) is 35.0 Å². The van der Waals surface area contributed by atoms with E-state index in [0.29, 0.717) is 6.04 Å². The molecule has 0 unspecified atom stereocenters. The molecule has 0 bridgehead atoms. The van der Waals surface area contributed by atoms with Gasteiger partial charge in [0.05, 0.1) is 18.3 Å². The molecule has 4 atom stereocenters. The first-order valence-electron chi connectivity index (χ1n) is 10.4. The van der Waals surface area contributed by atoms with Crippen molar-refractivity contribution in [1.29, 1.82) is 0 Å². The molecule has 2 aromatic rings. The molecule has 0 N–H and O–H groups in total. The standard InChI is InChI=1S/C22H30N4O/c1-15-3-7-17(8-4-15)20-13-26(24-23-20)21-9-18-11-25(2)12-19(18)10-22(21)27-14-16-5-6-16/h3-4,7-8,13,16,18-19,21-22H,5-6,9-12,14H2,1-2H3/t18-,19+,21-,22-/m1/s1. The maximum atomic E-state index is 6.44. The van der Waals surface area contributed by atoms with Crippen LogP contribution in [0.3, 0.4) is 0 Å². The monoisotopic (exact) mass is 366 g/mol. The van der Waals surface area contributed by atoms with Gasteiger partial charge in [-0.05, 0) is 57.4 Å². The summed E-state index contributed by atoms with van der Waals surface area (Å²) < 4.78 is 8.54. The van der Waals surface area contributed by atoms with Gasteiger partial charge >= 0.3 is 0 Å². The molecule has 1 saturated heterocycles. The number of nitrogens with zero attached hydrogens (tertiary/aromatic N) is 4.